The van der Waals surface area contributed by atoms with Crippen LogP contribution in [0.3, 0.4) is 0 Å². The van der Waals surface area contributed by atoms with Gasteiger partial charge in [-0.05, 0) is 49.2 Å². The van der Waals surface area contributed by atoms with E-state index in [4.69, 9.17) is 9.47 Å². The van der Waals surface area contributed by atoms with Crippen LogP contribution >= 0.6 is 0 Å². The van der Waals surface area contributed by atoms with E-state index in [1.54, 1.807) is 14.2 Å². The molecular formula is C24H28N2O2. The molecule has 0 saturated heterocycles. The monoisotopic (exact) mass is 376 g/mol. The van der Waals surface area contributed by atoms with E-state index in [1.807, 2.05) is 12.1 Å². The van der Waals surface area contributed by atoms with Gasteiger partial charge in [0, 0.05) is 37.1 Å². The van der Waals surface area contributed by atoms with Gasteiger partial charge in [-0.1, -0.05) is 29.8 Å². The van der Waals surface area contributed by atoms with Crippen molar-refractivity contribution in [2.75, 3.05) is 20.8 Å². The fourth-order valence-electron chi connectivity index (χ4n) is 4.26. The summed E-state index contributed by atoms with van der Waals surface area (Å²) in [4.78, 5) is 2.56. The number of aryl methyl sites for hydroxylation is 2. The van der Waals surface area contributed by atoms with Gasteiger partial charge in [0.1, 0.15) is 11.5 Å². The number of nitrogens with zero attached hydrogens (tertiary/aromatic N) is 2. The van der Waals surface area contributed by atoms with Gasteiger partial charge in [0.15, 0.2) is 0 Å². The quantitative estimate of drug-likeness (QED) is 0.639. The molecule has 1 atom stereocenters. The summed E-state index contributed by atoms with van der Waals surface area (Å²) < 4.78 is 13.5. The predicted octanol–water partition coefficient (Wildman–Crippen LogP) is 4.81. The van der Waals surface area contributed by atoms with Crippen LogP contribution in [0.1, 0.15) is 34.8 Å². The van der Waals surface area contributed by atoms with Gasteiger partial charge in [-0.25, -0.2) is 0 Å². The van der Waals surface area contributed by atoms with Crippen molar-refractivity contribution < 1.29 is 9.47 Å². The van der Waals surface area contributed by atoms with E-state index < -0.39 is 0 Å². The second-order valence-electron chi connectivity index (χ2n) is 7.44. The molecule has 0 radical (unpaired) electrons. The highest BCUT2D eigenvalue weighted by Crippen LogP contribution is 2.35. The van der Waals surface area contributed by atoms with Crippen LogP contribution in [0.2, 0.25) is 0 Å². The summed E-state index contributed by atoms with van der Waals surface area (Å²) in [5.41, 5.74) is 5.13. The zero-order valence-electron chi connectivity index (χ0n) is 16.9. The summed E-state index contributed by atoms with van der Waals surface area (Å²) in [6, 6.07) is 19.6. The molecule has 1 aliphatic rings. The average molecular weight is 377 g/mol. The number of fused-ring (bicyclic) bond motifs is 1. The zero-order chi connectivity index (χ0) is 19.5. The van der Waals surface area contributed by atoms with Crippen LogP contribution in [0.5, 0.6) is 11.5 Å². The first-order valence-electron chi connectivity index (χ1n) is 9.86. The molecule has 0 N–H and O–H groups in total. The van der Waals surface area contributed by atoms with Crippen molar-refractivity contribution in [3.63, 3.8) is 0 Å². The van der Waals surface area contributed by atoms with E-state index in [0.29, 0.717) is 0 Å². The van der Waals surface area contributed by atoms with Gasteiger partial charge < -0.3 is 14.0 Å². The second-order valence-corrected chi connectivity index (χ2v) is 7.44. The maximum absolute atomic E-state index is 5.64. The summed E-state index contributed by atoms with van der Waals surface area (Å²) in [5.74, 6) is 1.77. The van der Waals surface area contributed by atoms with E-state index >= 15 is 0 Å². The summed E-state index contributed by atoms with van der Waals surface area (Å²) in [6.45, 7) is 5.05. The molecule has 1 aromatic heterocycles. The lowest BCUT2D eigenvalue weighted by Crippen LogP contribution is -2.29. The third-order valence-electron chi connectivity index (χ3n) is 5.57. The molecule has 2 heterocycles. The van der Waals surface area contributed by atoms with Gasteiger partial charge in [0.05, 0.1) is 20.3 Å². The molecule has 146 valence electrons. The third-order valence-corrected chi connectivity index (χ3v) is 5.57. The van der Waals surface area contributed by atoms with E-state index in [9.17, 15) is 0 Å². The number of rotatable bonds is 5. The van der Waals surface area contributed by atoms with Crippen molar-refractivity contribution in [1.29, 1.82) is 0 Å². The van der Waals surface area contributed by atoms with Gasteiger partial charge in [0.25, 0.3) is 0 Å². The average Bonchev–Trinajstić information content (AvgIpc) is 3.09. The van der Waals surface area contributed by atoms with E-state index in [2.05, 4.69) is 65.1 Å². The minimum Gasteiger partial charge on any atom is -0.497 e. The summed E-state index contributed by atoms with van der Waals surface area (Å²) in [6.07, 6.45) is 3.32. The van der Waals surface area contributed by atoms with E-state index in [1.165, 1.54) is 16.8 Å². The second kappa shape index (κ2) is 8.11. The molecule has 28 heavy (non-hydrogen) atoms. The van der Waals surface area contributed by atoms with Crippen molar-refractivity contribution in [2.24, 2.45) is 0 Å². The van der Waals surface area contributed by atoms with Crippen LogP contribution in [-0.4, -0.2) is 30.2 Å². The third kappa shape index (κ3) is 3.65. The maximum atomic E-state index is 5.64. The first-order valence-corrected chi connectivity index (χ1v) is 9.86. The van der Waals surface area contributed by atoms with Crippen LogP contribution in [0, 0.1) is 6.92 Å². The van der Waals surface area contributed by atoms with Crippen LogP contribution in [0.4, 0.5) is 0 Å². The fraction of sp³-hybridized carbons (Fsp3) is 0.333. The molecule has 0 spiro atoms. The summed E-state index contributed by atoms with van der Waals surface area (Å²) in [7, 11) is 3.44. The molecule has 1 aliphatic heterocycles. The summed E-state index contributed by atoms with van der Waals surface area (Å²) >= 11 is 0. The first-order chi connectivity index (χ1) is 13.7. The number of aromatic nitrogens is 1. The molecule has 4 rings (SSSR count). The largest absolute Gasteiger partial charge is 0.497 e. The Morgan fingerprint density at radius 2 is 1.86 bits per heavy atom. The van der Waals surface area contributed by atoms with Gasteiger partial charge in [-0.2, -0.15) is 0 Å². The molecule has 0 bridgehead atoms. The Labute approximate surface area is 167 Å². The Morgan fingerprint density at radius 1 is 0.964 bits per heavy atom. The Hall–Kier alpha value is -2.72. The molecule has 0 saturated carbocycles. The van der Waals surface area contributed by atoms with Crippen molar-refractivity contribution in [2.45, 2.75) is 32.5 Å². The molecular weight excluding hydrogens is 348 g/mol. The number of methoxy groups -OCH3 is 2. The first kappa shape index (κ1) is 18.6. The molecule has 4 nitrogen and oxygen atoms in total. The topological polar surface area (TPSA) is 26.6 Å². The highest BCUT2D eigenvalue weighted by Gasteiger charge is 2.28. The lowest BCUT2D eigenvalue weighted by molar-refractivity contribution is 0.217. The van der Waals surface area contributed by atoms with Crippen LogP contribution in [0.15, 0.2) is 60.8 Å². The SMILES string of the molecule is COc1ccc(OC)c(CN2CCCn3cccc3[C@H]2c2cccc(C)c2)c1. The lowest BCUT2D eigenvalue weighted by Gasteiger charge is -2.31. The van der Waals surface area contributed by atoms with Crippen LogP contribution < -0.4 is 9.47 Å². The van der Waals surface area contributed by atoms with E-state index in [-0.39, 0.29) is 6.04 Å². The Bertz CT molecular complexity index is 947. The van der Waals surface area contributed by atoms with Crippen LogP contribution in [0.25, 0.3) is 0 Å². The minimum absolute atomic E-state index is 0.216. The number of hydrogen-bond donors (Lipinski definition) is 0. The van der Waals surface area contributed by atoms with Gasteiger partial charge in [-0.15, -0.1) is 0 Å². The minimum atomic E-state index is 0.216. The van der Waals surface area contributed by atoms with Crippen molar-refractivity contribution in [3.8, 4) is 11.5 Å². The molecule has 0 aliphatic carbocycles. The molecule has 0 fully saturated rings. The lowest BCUT2D eigenvalue weighted by atomic mass is 9.99. The maximum Gasteiger partial charge on any atom is 0.123 e. The van der Waals surface area contributed by atoms with Crippen molar-refractivity contribution in [1.82, 2.24) is 9.47 Å². The highest BCUT2D eigenvalue weighted by atomic mass is 16.5. The Kier molecular flexibility index (Phi) is 5.40. The standard InChI is InChI=1S/C24H28N2O2/c1-18-7-4-8-19(15-18)24-22-9-5-12-25(22)13-6-14-26(24)17-20-16-21(27-2)10-11-23(20)28-3/h4-5,7-12,15-16,24H,6,13-14,17H2,1-3H3/t24-/m1/s1. The Balaban J connectivity index is 1.76. The highest BCUT2D eigenvalue weighted by molar-refractivity contribution is 5.41. The number of hydrogen-bond acceptors (Lipinski definition) is 3. The van der Waals surface area contributed by atoms with Gasteiger partial charge in [-0.3, -0.25) is 4.90 Å². The molecule has 4 heteroatoms. The van der Waals surface area contributed by atoms with Crippen LogP contribution in [-0.2, 0) is 13.1 Å². The molecule has 3 aromatic rings. The zero-order valence-corrected chi connectivity index (χ0v) is 16.9. The Morgan fingerprint density at radius 3 is 2.64 bits per heavy atom. The predicted molar refractivity (Wildman–Crippen MR) is 112 cm³/mol. The molecule has 0 unspecified atom stereocenters. The number of ether oxygens (including phenoxy) is 2. The summed E-state index contributed by atoms with van der Waals surface area (Å²) in [5, 5.41) is 0. The number of benzene rings is 2. The molecule has 0 amide bonds. The fourth-order valence-corrected chi connectivity index (χ4v) is 4.26. The van der Waals surface area contributed by atoms with Gasteiger partial charge >= 0.3 is 0 Å². The van der Waals surface area contributed by atoms with Gasteiger partial charge in [0.2, 0.25) is 0 Å². The van der Waals surface area contributed by atoms with Crippen molar-refractivity contribution in [3.05, 3.63) is 83.2 Å². The smallest absolute Gasteiger partial charge is 0.123 e. The normalized spacial score (nSPS) is 17.0. The van der Waals surface area contributed by atoms with E-state index in [0.717, 1.165) is 43.1 Å². The molecule has 2 aromatic carbocycles. The van der Waals surface area contributed by atoms with Crippen molar-refractivity contribution >= 4 is 0 Å².